The van der Waals surface area contributed by atoms with Crippen LogP contribution in [0.4, 0.5) is 0 Å². The number of hydrogen-bond acceptors (Lipinski definition) is 4. The number of fused-ring (bicyclic) bond motifs is 1. The van der Waals surface area contributed by atoms with Crippen molar-refractivity contribution in [3.63, 3.8) is 0 Å². The van der Waals surface area contributed by atoms with Crippen molar-refractivity contribution in [3.8, 4) is 0 Å². The highest BCUT2D eigenvalue weighted by Crippen LogP contribution is 2.19. The Bertz CT molecular complexity index is 771. The maximum atomic E-state index is 12.3. The second-order valence-corrected chi connectivity index (χ2v) is 5.88. The number of hydroxylamine groups is 1. The fourth-order valence-electron chi connectivity index (χ4n) is 2.63. The number of likely N-dealkylation sites (N-methyl/N-ethyl adjacent to an activating group) is 1. The Morgan fingerprint density at radius 1 is 1.20 bits per heavy atom. The summed E-state index contributed by atoms with van der Waals surface area (Å²) in [6, 6.07) is 6.92. The summed E-state index contributed by atoms with van der Waals surface area (Å²) in [4.78, 5) is 38.7. The Morgan fingerprint density at radius 2 is 1.92 bits per heavy atom. The Balaban J connectivity index is 2.12. The first-order chi connectivity index (χ1) is 12.0. The molecule has 0 spiro atoms. The lowest BCUT2D eigenvalue weighted by atomic mass is 10.0. The van der Waals surface area contributed by atoms with Crippen LogP contribution in [-0.2, 0) is 20.8 Å². The molecule has 2 rings (SSSR count). The molecule has 25 heavy (non-hydrogen) atoms. The molecular formula is C17H22N4O4. The highest BCUT2D eigenvalue weighted by molar-refractivity contribution is 5.91. The molecular weight excluding hydrogens is 324 g/mol. The summed E-state index contributed by atoms with van der Waals surface area (Å²) in [5.74, 6) is -2.09. The van der Waals surface area contributed by atoms with E-state index in [0.717, 1.165) is 16.5 Å². The molecule has 1 heterocycles. The molecule has 8 nitrogen and oxygen atoms in total. The van der Waals surface area contributed by atoms with Crippen molar-refractivity contribution >= 4 is 28.6 Å². The minimum atomic E-state index is -0.767. The van der Waals surface area contributed by atoms with Crippen LogP contribution in [0.3, 0.4) is 0 Å². The van der Waals surface area contributed by atoms with Gasteiger partial charge in [0.25, 0.3) is 0 Å². The van der Waals surface area contributed by atoms with Gasteiger partial charge in [0.05, 0.1) is 0 Å². The molecule has 5 N–H and O–H groups in total. The third kappa shape index (κ3) is 4.57. The zero-order valence-electron chi connectivity index (χ0n) is 14.1. The smallest absolute Gasteiger partial charge is 0.244 e. The summed E-state index contributed by atoms with van der Waals surface area (Å²) in [5.41, 5.74) is 3.35. The number of rotatable bonds is 7. The Kier molecular flexibility index (Phi) is 6.13. The summed E-state index contributed by atoms with van der Waals surface area (Å²) >= 11 is 0. The van der Waals surface area contributed by atoms with Crippen LogP contribution < -0.4 is 16.1 Å². The van der Waals surface area contributed by atoms with Crippen LogP contribution in [0.2, 0.25) is 0 Å². The normalized spacial score (nSPS) is 13.1. The van der Waals surface area contributed by atoms with Crippen LogP contribution in [0, 0.1) is 5.92 Å². The van der Waals surface area contributed by atoms with Gasteiger partial charge in [0.15, 0.2) is 0 Å². The first-order valence-electron chi connectivity index (χ1n) is 7.96. The number of H-pyrrole nitrogens is 1. The van der Waals surface area contributed by atoms with Gasteiger partial charge in [-0.05, 0) is 11.6 Å². The summed E-state index contributed by atoms with van der Waals surface area (Å²) in [6.07, 6.45) is 1.96. The standard InChI is InChI=1S/C17H22N4O4/c1-10(7-15(22)21-25)16(23)20-14(17(24)18-2)8-11-9-19-13-6-4-3-5-12(11)13/h3-6,9-10,14,19,25H,7-8H2,1-2H3,(H,18,24)(H,20,23)(H,21,22)/t10-,14+/m1/s1. The lowest BCUT2D eigenvalue weighted by Crippen LogP contribution is -2.48. The number of carbonyl (C=O) groups is 3. The fraction of sp³-hybridized carbons (Fsp3) is 0.353. The molecule has 134 valence electrons. The first-order valence-corrected chi connectivity index (χ1v) is 7.96. The highest BCUT2D eigenvalue weighted by atomic mass is 16.5. The van der Waals surface area contributed by atoms with Gasteiger partial charge < -0.3 is 15.6 Å². The van der Waals surface area contributed by atoms with Crippen LogP contribution in [0.15, 0.2) is 30.5 Å². The summed E-state index contributed by atoms with van der Waals surface area (Å²) in [6.45, 7) is 1.55. The van der Waals surface area contributed by atoms with E-state index < -0.39 is 23.8 Å². The molecule has 0 aliphatic rings. The highest BCUT2D eigenvalue weighted by Gasteiger charge is 2.25. The lowest BCUT2D eigenvalue weighted by molar-refractivity contribution is -0.135. The predicted octanol–water partition coefficient (Wildman–Crippen LogP) is 0.473. The van der Waals surface area contributed by atoms with Gasteiger partial charge in [0, 0.05) is 42.9 Å². The number of benzene rings is 1. The number of aromatic nitrogens is 1. The van der Waals surface area contributed by atoms with E-state index in [4.69, 9.17) is 5.21 Å². The molecule has 8 heteroatoms. The Morgan fingerprint density at radius 3 is 2.60 bits per heavy atom. The van der Waals surface area contributed by atoms with E-state index in [0.29, 0.717) is 6.42 Å². The van der Waals surface area contributed by atoms with Gasteiger partial charge in [-0.1, -0.05) is 25.1 Å². The predicted molar refractivity (Wildman–Crippen MR) is 91.7 cm³/mol. The zero-order chi connectivity index (χ0) is 18.4. The number of aromatic amines is 1. The van der Waals surface area contributed by atoms with E-state index in [9.17, 15) is 14.4 Å². The summed E-state index contributed by atoms with van der Waals surface area (Å²) in [5, 5.41) is 14.7. The number of nitrogens with one attached hydrogen (secondary N) is 4. The van der Waals surface area contributed by atoms with Crippen LogP contribution >= 0.6 is 0 Å². The quantitative estimate of drug-likeness (QED) is 0.369. The van der Waals surface area contributed by atoms with Gasteiger partial charge >= 0.3 is 0 Å². The largest absolute Gasteiger partial charge is 0.361 e. The minimum absolute atomic E-state index is 0.171. The average Bonchev–Trinajstić information content (AvgIpc) is 3.03. The molecule has 0 saturated carbocycles. The van der Waals surface area contributed by atoms with Crippen molar-refractivity contribution in [2.75, 3.05) is 7.05 Å². The minimum Gasteiger partial charge on any atom is -0.361 e. The first kappa shape index (κ1) is 18.5. The zero-order valence-corrected chi connectivity index (χ0v) is 14.1. The molecule has 0 aliphatic heterocycles. The monoisotopic (exact) mass is 346 g/mol. The van der Waals surface area contributed by atoms with Crippen molar-refractivity contribution in [2.45, 2.75) is 25.8 Å². The van der Waals surface area contributed by atoms with Crippen molar-refractivity contribution in [1.29, 1.82) is 0 Å². The summed E-state index contributed by atoms with van der Waals surface area (Å²) < 4.78 is 0. The number of amides is 3. The molecule has 0 aliphatic carbocycles. The van der Waals surface area contributed by atoms with E-state index >= 15 is 0 Å². The van der Waals surface area contributed by atoms with Gasteiger partial charge in [0.2, 0.25) is 17.7 Å². The van der Waals surface area contributed by atoms with E-state index in [2.05, 4.69) is 15.6 Å². The molecule has 2 atom stereocenters. The molecule has 0 fully saturated rings. The van der Waals surface area contributed by atoms with Gasteiger partial charge in [0.1, 0.15) is 6.04 Å². The third-order valence-electron chi connectivity index (χ3n) is 4.04. The average molecular weight is 346 g/mol. The number of hydrogen-bond donors (Lipinski definition) is 5. The molecule has 0 bridgehead atoms. The van der Waals surface area contributed by atoms with E-state index in [1.165, 1.54) is 12.5 Å². The molecule has 1 aromatic carbocycles. The molecule has 1 aromatic heterocycles. The topological polar surface area (TPSA) is 123 Å². The second-order valence-electron chi connectivity index (χ2n) is 5.88. The van der Waals surface area contributed by atoms with Crippen LogP contribution in [0.1, 0.15) is 18.9 Å². The second kappa shape index (κ2) is 8.29. The number of para-hydroxylation sites is 1. The maximum absolute atomic E-state index is 12.3. The fourth-order valence-corrected chi connectivity index (χ4v) is 2.63. The van der Waals surface area contributed by atoms with Crippen LogP contribution in [0.25, 0.3) is 10.9 Å². The van der Waals surface area contributed by atoms with Crippen LogP contribution in [-0.4, -0.2) is 41.0 Å². The SMILES string of the molecule is CNC(=O)[C@H](Cc1c[nH]c2ccccc12)NC(=O)[C@H](C)CC(=O)NO. The van der Waals surface area contributed by atoms with E-state index in [1.807, 2.05) is 30.5 Å². The molecule has 0 saturated heterocycles. The molecule has 0 radical (unpaired) electrons. The molecule has 0 unspecified atom stereocenters. The summed E-state index contributed by atoms with van der Waals surface area (Å²) in [7, 11) is 1.50. The van der Waals surface area contributed by atoms with E-state index in [-0.39, 0.29) is 12.3 Å². The molecule has 2 aromatic rings. The van der Waals surface area contributed by atoms with Gasteiger partial charge in [-0.15, -0.1) is 0 Å². The van der Waals surface area contributed by atoms with Crippen molar-refractivity contribution < 1.29 is 19.6 Å². The van der Waals surface area contributed by atoms with Crippen LogP contribution in [0.5, 0.6) is 0 Å². The number of carbonyl (C=O) groups excluding carboxylic acids is 3. The third-order valence-corrected chi connectivity index (χ3v) is 4.04. The van der Waals surface area contributed by atoms with Gasteiger partial charge in [-0.3, -0.25) is 19.6 Å². The lowest BCUT2D eigenvalue weighted by Gasteiger charge is -2.19. The van der Waals surface area contributed by atoms with Crippen molar-refractivity contribution in [2.24, 2.45) is 5.92 Å². The van der Waals surface area contributed by atoms with Gasteiger partial charge in [-0.25, -0.2) is 5.48 Å². The van der Waals surface area contributed by atoms with Crippen molar-refractivity contribution in [1.82, 2.24) is 21.1 Å². The Labute approximate surface area is 144 Å². The van der Waals surface area contributed by atoms with Crippen molar-refractivity contribution in [3.05, 3.63) is 36.0 Å². The van der Waals surface area contributed by atoms with Gasteiger partial charge in [-0.2, -0.15) is 0 Å². The Hall–Kier alpha value is -2.87. The van der Waals surface area contributed by atoms with E-state index in [1.54, 1.807) is 6.92 Å². The molecule has 3 amide bonds. The maximum Gasteiger partial charge on any atom is 0.244 e.